The van der Waals surface area contributed by atoms with Gasteiger partial charge in [0.15, 0.2) is 11.5 Å². The number of hydrogen-bond donors (Lipinski definition) is 2. The van der Waals surface area contributed by atoms with Gasteiger partial charge in [-0.1, -0.05) is 21.9 Å². The zero-order chi connectivity index (χ0) is 17.4. The number of amides is 3. The third-order valence-electron chi connectivity index (χ3n) is 2.50. The van der Waals surface area contributed by atoms with E-state index >= 15 is 0 Å². The van der Waals surface area contributed by atoms with Crippen molar-refractivity contribution in [3.63, 3.8) is 0 Å². The molecule has 0 radical (unpaired) electrons. The lowest BCUT2D eigenvalue weighted by atomic mass is 10.1. The summed E-state index contributed by atoms with van der Waals surface area (Å²) in [5.74, 6) is 2.19. The van der Waals surface area contributed by atoms with Crippen LogP contribution in [0.5, 0.6) is 11.5 Å². The largest absolute Gasteiger partial charge is 0.493 e. The first-order valence-electron chi connectivity index (χ1n) is 6.09. The number of nitriles is 1. The molecule has 118 valence electrons. The number of methoxy groups -OCH3 is 1. The highest BCUT2D eigenvalue weighted by Gasteiger charge is 2.14. The molecule has 0 fully saturated rings. The Hall–Kier alpha value is -2.97. The summed E-state index contributed by atoms with van der Waals surface area (Å²) in [5, 5.41) is 10.9. The van der Waals surface area contributed by atoms with Crippen LogP contribution in [0.15, 0.2) is 22.2 Å². The zero-order valence-corrected chi connectivity index (χ0v) is 13.6. The molecule has 8 heteroatoms. The number of ether oxygens (including phenoxy) is 2. The van der Waals surface area contributed by atoms with E-state index in [1.54, 1.807) is 18.2 Å². The van der Waals surface area contributed by atoms with Gasteiger partial charge in [0, 0.05) is 4.47 Å². The summed E-state index contributed by atoms with van der Waals surface area (Å²) in [5.41, 5.74) is 5.01. The fraction of sp³-hybridized carbons (Fsp3) is 0.133. The molecule has 0 bridgehead atoms. The normalized spacial score (nSPS) is 10.2. The van der Waals surface area contributed by atoms with Gasteiger partial charge in [0.05, 0.1) is 7.11 Å². The number of imide groups is 1. The van der Waals surface area contributed by atoms with Crippen molar-refractivity contribution in [3.8, 4) is 29.9 Å². The Bertz CT molecular complexity index is 744. The SMILES string of the molecule is C#CCOc1cc(Br)c(/C=C(/C#N)C(=O)NC(N)=O)cc1OC. The topological polar surface area (TPSA) is 114 Å². The van der Waals surface area contributed by atoms with E-state index in [1.165, 1.54) is 13.2 Å². The van der Waals surface area contributed by atoms with Crippen molar-refractivity contribution in [2.24, 2.45) is 5.73 Å². The van der Waals surface area contributed by atoms with Gasteiger partial charge >= 0.3 is 6.03 Å². The van der Waals surface area contributed by atoms with Crippen LogP contribution >= 0.6 is 15.9 Å². The predicted octanol–water partition coefficient (Wildman–Crippen LogP) is 1.57. The number of carbonyl (C=O) groups excluding carboxylic acids is 2. The molecule has 1 aromatic rings. The van der Waals surface area contributed by atoms with Crippen LogP contribution < -0.4 is 20.5 Å². The second-order valence-electron chi connectivity index (χ2n) is 4.01. The van der Waals surface area contributed by atoms with Crippen LogP contribution in [0.1, 0.15) is 5.56 Å². The number of nitrogens with zero attached hydrogens (tertiary/aromatic N) is 1. The number of carbonyl (C=O) groups is 2. The molecule has 23 heavy (non-hydrogen) atoms. The molecular weight excluding hydrogens is 366 g/mol. The highest BCUT2D eigenvalue weighted by molar-refractivity contribution is 9.10. The summed E-state index contributed by atoms with van der Waals surface area (Å²) in [6.07, 6.45) is 6.41. The maximum atomic E-state index is 11.7. The van der Waals surface area contributed by atoms with Gasteiger partial charge in [-0.05, 0) is 23.8 Å². The molecule has 0 aliphatic heterocycles. The molecule has 0 aromatic heterocycles. The second-order valence-corrected chi connectivity index (χ2v) is 4.86. The number of halogens is 1. The van der Waals surface area contributed by atoms with Crippen LogP contribution in [0.2, 0.25) is 0 Å². The lowest BCUT2D eigenvalue weighted by Gasteiger charge is -2.11. The molecule has 1 aromatic carbocycles. The minimum Gasteiger partial charge on any atom is -0.493 e. The Balaban J connectivity index is 3.24. The average Bonchev–Trinajstić information content (AvgIpc) is 2.50. The van der Waals surface area contributed by atoms with Crippen molar-refractivity contribution in [3.05, 3.63) is 27.7 Å². The summed E-state index contributed by atoms with van der Waals surface area (Å²) in [6.45, 7) is 0.0580. The van der Waals surface area contributed by atoms with Crippen molar-refractivity contribution < 1.29 is 19.1 Å². The maximum absolute atomic E-state index is 11.7. The number of terminal acetylenes is 1. The lowest BCUT2D eigenvalue weighted by molar-refractivity contribution is -0.115. The van der Waals surface area contributed by atoms with Gasteiger partial charge in [-0.15, -0.1) is 6.42 Å². The van der Waals surface area contributed by atoms with Gasteiger partial charge in [0.1, 0.15) is 18.2 Å². The van der Waals surface area contributed by atoms with Crippen molar-refractivity contribution in [2.45, 2.75) is 0 Å². The molecule has 0 heterocycles. The van der Waals surface area contributed by atoms with Crippen LogP contribution in [0.25, 0.3) is 6.08 Å². The first-order valence-corrected chi connectivity index (χ1v) is 6.88. The molecule has 0 saturated heterocycles. The lowest BCUT2D eigenvalue weighted by Crippen LogP contribution is -2.35. The highest BCUT2D eigenvalue weighted by atomic mass is 79.9. The summed E-state index contributed by atoms with van der Waals surface area (Å²) < 4.78 is 11.0. The Morgan fingerprint density at radius 1 is 1.48 bits per heavy atom. The Morgan fingerprint density at radius 2 is 2.17 bits per heavy atom. The van der Waals surface area contributed by atoms with E-state index in [1.807, 2.05) is 5.32 Å². The second kappa shape index (κ2) is 8.47. The van der Waals surface area contributed by atoms with E-state index in [0.29, 0.717) is 21.5 Å². The number of urea groups is 1. The monoisotopic (exact) mass is 377 g/mol. The molecule has 0 spiro atoms. The maximum Gasteiger partial charge on any atom is 0.319 e. The first kappa shape index (κ1) is 18.1. The number of nitrogens with one attached hydrogen (secondary N) is 1. The predicted molar refractivity (Wildman–Crippen MR) is 86.3 cm³/mol. The van der Waals surface area contributed by atoms with Crippen molar-refractivity contribution in [2.75, 3.05) is 13.7 Å². The fourth-order valence-corrected chi connectivity index (χ4v) is 1.97. The molecule has 0 unspecified atom stereocenters. The van der Waals surface area contributed by atoms with Gasteiger partial charge in [0.2, 0.25) is 0 Å². The third-order valence-corrected chi connectivity index (χ3v) is 3.18. The minimum atomic E-state index is -1.05. The van der Waals surface area contributed by atoms with Crippen LogP contribution in [0.4, 0.5) is 4.79 Å². The van der Waals surface area contributed by atoms with Crippen molar-refractivity contribution in [1.29, 1.82) is 5.26 Å². The number of hydrogen-bond acceptors (Lipinski definition) is 5. The van der Waals surface area contributed by atoms with Crippen LogP contribution in [-0.2, 0) is 4.79 Å². The summed E-state index contributed by atoms with van der Waals surface area (Å²) in [4.78, 5) is 22.4. The quantitative estimate of drug-likeness (QED) is 0.459. The molecular formula is C15H12BrN3O4. The van der Waals surface area contributed by atoms with Gasteiger partial charge in [-0.25, -0.2) is 4.79 Å². The van der Waals surface area contributed by atoms with Gasteiger partial charge < -0.3 is 15.2 Å². The first-order chi connectivity index (χ1) is 10.9. The molecule has 1 rings (SSSR count). The highest BCUT2D eigenvalue weighted by Crippen LogP contribution is 2.34. The average molecular weight is 378 g/mol. The fourth-order valence-electron chi connectivity index (χ4n) is 1.54. The summed E-state index contributed by atoms with van der Waals surface area (Å²) in [6, 6.07) is 3.77. The summed E-state index contributed by atoms with van der Waals surface area (Å²) >= 11 is 3.30. The standard InChI is InChI=1S/C15H12BrN3O4/c1-3-4-23-13-7-11(16)9(6-12(13)22-2)5-10(8-17)14(20)19-15(18)21/h1,5-7H,4H2,2H3,(H3,18,19,20,21)/b10-5-. The van der Waals surface area contributed by atoms with Gasteiger partial charge in [-0.3, -0.25) is 10.1 Å². The number of nitrogens with two attached hydrogens (primary N) is 1. The zero-order valence-electron chi connectivity index (χ0n) is 12.1. The molecule has 0 aliphatic rings. The molecule has 3 N–H and O–H groups in total. The molecule has 0 saturated carbocycles. The molecule has 7 nitrogen and oxygen atoms in total. The van der Waals surface area contributed by atoms with Crippen molar-refractivity contribution in [1.82, 2.24) is 5.32 Å². The van der Waals surface area contributed by atoms with Crippen LogP contribution in [0, 0.1) is 23.7 Å². The number of rotatable bonds is 5. The van der Waals surface area contributed by atoms with E-state index < -0.39 is 11.9 Å². The smallest absolute Gasteiger partial charge is 0.319 e. The molecule has 3 amide bonds. The van der Waals surface area contributed by atoms with Crippen LogP contribution in [-0.4, -0.2) is 25.7 Å². The molecule has 0 atom stereocenters. The van der Waals surface area contributed by atoms with E-state index in [9.17, 15) is 9.59 Å². The summed E-state index contributed by atoms with van der Waals surface area (Å²) in [7, 11) is 1.43. The number of benzene rings is 1. The van der Waals surface area contributed by atoms with E-state index in [4.69, 9.17) is 26.9 Å². The van der Waals surface area contributed by atoms with E-state index in [2.05, 4.69) is 21.9 Å². The van der Waals surface area contributed by atoms with Gasteiger partial charge in [0.25, 0.3) is 5.91 Å². The third kappa shape index (κ3) is 5.06. The molecule has 0 aliphatic carbocycles. The van der Waals surface area contributed by atoms with E-state index in [-0.39, 0.29) is 12.2 Å². The Kier molecular flexibility index (Phi) is 6.66. The Labute approximate surface area is 141 Å². The van der Waals surface area contributed by atoms with Crippen LogP contribution in [0.3, 0.4) is 0 Å². The Morgan fingerprint density at radius 3 is 2.70 bits per heavy atom. The van der Waals surface area contributed by atoms with Gasteiger partial charge in [-0.2, -0.15) is 5.26 Å². The van der Waals surface area contributed by atoms with E-state index in [0.717, 1.165) is 0 Å². The number of primary amides is 1. The minimum absolute atomic E-state index is 0.0580. The van der Waals surface area contributed by atoms with Crippen molar-refractivity contribution >= 4 is 33.9 Å².